The van der Waals surface area contributed by atoms with Gasteiger partial charge in [-0.1, -0.05) is 12.1 Å². The van der Waals surface area contributed by atoms with Crippen LogP contribution in [0.4, 0.5) is 0 Å². The molecule has 1 aromatic carbocycles. The van der Waals surface area contributed by atoms with Crippen molar-refractivity contribution >= 4 is 11.0 Å². The van der Waals surface area contributed by atoms with Crippen molar-refractivity contribution < 1.29 is 0 Å². The highest BCUT2D eigenvalue weighted by Crippen LogP contribution is 2.20. The van der Waals surface area contributed by atoms with Gasteiger partial charge in [-0.05, 0) is 47.0 Å². The van der Waals surface area contributed by atoms with Crippen molar-refractivity contribution in [3.05, 3.63) is 30.1 Å². The lowest BCUT2D eigenvalue weighted by molar-refractivity contribution is 0.184. The van der Waals surface area contributed by atoms with Crippen LogP contribution < -0.4 is 5.32 Å². The van der Waals surface area contributed by atoms with Crippen LogP contribution in [0.15, 0.2) is 24.3 Å². The highest BCUT2D eigenvalue weighted by molar-refractivity contribution is 5.75. The first-order chi connectivity index (χ1) is 9.33. The van der Waals surface area contributed by atoms with E-state index in [2.05, 4.69) is 74.9 Å². The topological polar surface area (TPSA) is 33.1 Å². The van der Waals surface area contributed by atoms with Gasteiger partial charge in [0.1, 0.15) is 5.82 Å². The Morgan fingerprint density at radius 2 is 1.95 bits per heavy atom. The third kappa shape index (κ3) is 2.86. The first-order valence-electron chi connectivity index (χ1n) is 7.15. The Morgan fingerprint density at radius 3 is 2.55 bits per heavy atom. The minimum Gasteiger partial charge on any atom is -0.330 e. The fourth-order valence-corrected chi connectivity index (χ4v) is 2.20. The highest BCUT2D eigenvalue weighted by Gasteiger charge is 2.22. The number of rotatable bonds is 5. The summed E-state index contributed by atoms with van der Waals surface area (Å²) in [5.74, 6) is 1.08. The van der Waals surface area contributed by atoms with Crippen LogP contribution in [0.5, 0.6) is 0 Å². The van der Waals surface area contributed by atoms with Gasteiger partial charge >= 0.3 is 0 Å². The van der Waals surface area contributed by atoms with Gasteiger partial charge < -0.3 is 14.8 Å². The summed E-state index contributed by atoms with van der Waals surface area (Å²) in [7, 11) is 6.31. The molecular formula is C16H26N4. The molecule has 2 aromatic rings. The van der Waals surface area contributed by atoms with Crippen LogP contribution in [0.25, 0.3) is 11.0 Å². The summed E-state index contributed by atoms with van der Waals surface area (Å²) in [4.78, 5) is 6.98. The number of benzene rings is 1. The Balaban J connectivity index is 2.16. The summed E-state index contributed by atoms with van der Waals surface area (Å²) in [6.07, 6.45) is 0. The molecule has 0 bridgehead atoms. The second kappa shape index (κ2) is 5.54. The van der Waals surface area contributed by atoms with Crippen LogP contribution in [-0.2, 0) is 7.05 Å². The van der Waals surface area contributed by atoms with E-state index in [4.69, 9.17) is 4.98 Å². The zero-order chi connectivity index (χ0) is 14.9. The molecule has 1 N–H and O–H groups in total. The van der Waals surface area contributed by atoms with Crippen LogP contribution in [0.1, 0.15) is 32.6 Å². The van der Waals surface area contributed by atoms with E-state index in [0.29, 0.717) is 0 Å². The van der Waals surface area contributed by atoms with Gasteiger partial charge in [-0.25, -0.2) is 4.98 Å². The van der Waals surface area contributed by atoms with Gasteiger partial charge in [0.2, 0.25) is 0 Å². The molecule has 0 saturated heterocycles. The third-order valence-corrected chi connectivity index (χ3v) is 4.26. The Morgan fingerprint density at radius 1 is 1.30 bits per heavy atom. The predicted octanol–water partition coefficient (Wildman–Crippen LogP) is 2.56. The van der Waals surface area contributed by atoms with Crippen LogP contribution in [0, 0.1) is 0 Å². The molecule has 1 unspecified atom stereocenters. The fraction of sp³-hybridized carbons (Fsp3) is 0.562. The normalized spacial score (nSPS) is 14.2. The van der Waals surface area contributed by atoms with Crippen molar-refractivity contribution in [2.75, 3.05) is 20.6 Å². The van der Waals surface area contributed by atoms with E-state index in [9.17, 15) is 0 Å². The standard InChI is InChI=1S/C16H26N4/c1-12(17-11-16(2,3)19(4)5)15-18-13-9-7-8-10-14(13)20(15)6/h7-10,12,17H,11H2,1-6H3. The van der Waals surface area contributed by atoms with Crippen molar-refractivity contribution in [1.82, 2.24) is 19.8 Å². The van der Waals surface area contributed by atoms with Crippen molar-refractivity contribution in [3.8, 4) is 0 Å². The van der Waals surface area contributed by atoms with E-state index in [1.165, 1.54) is 5.52 Å². The number of para-hydroxylation sites is 2. The summed E-state index contributed by atoms with van der Waals surface area (Å²) >= 11 is 0. The number of aryl methyl sites for hydroxylation is 1. The summed E-state index contributed by atoms with van der Waals surface area (Å²) < 4.78 is 2.18. The number of hydrogen-bond acceptors (Lipinski definition) is 3. The fourth-order valence-electron chi connectivity index (χ4n) is 2.20. The summed E-state index contributed by atoms with van der Waals surface area (Å²) in [6, 6.07) is 8.50. The molecule has 0 amide bonds. The molecule has 110 valence electrons. The molecule has 4 nitrogen and oxygen atoms in total. The van der Waals surface area contributed by atoms with Gasteiger partial charge in [-0.2, -0.15) is 0 Å². The second-order valence-electron chi connectivity index (χ2n) is 6.33. The van der Waals surface area contributed by atoms with Crippen LogP contribution in [0.3, 0.4) is 0 Å². The smallest absolute Gasteiger partial charge is 0.126 e. The van der Waals surface area contributed by atoms with Crippen molar-refractivity contribution in [2.45, 2.75) is 32.4 Å². The van der Waals surface area contributed by atoms with E-state index < -0.39 is 0 Å². The Bertz CT molecular complexity index is 583. The maximum absolute atomic E-state index is 4.74. The molecular weight excluding hydrogens is 248 g/mol. The molecule has 0 radical (unpaired) electrons. The average Bonchev–Trinajstić information content (AvgIpc) is 2.74. The Labute approximate surface area is 121 Å². The van der Waals surface area contributed by atoms with Gasteiger partial charge in [-0.3, -0.25) is 0 Å². The van der Waals surface area contributed by atoms with Crippen molar-refractivity contribution in [2.24, 2.45) is 7.05 Å². The number of imidazole rings is 1. The van der Waals surface area contributed by atoms with Crippen LogP contribution in [-0.4, -0.2) is 40.6 Å². The molecule has 1 aromatic heterocycles. The largest absolute Gasteiger partial charge is 0.330 e. The SMILES string of the molecule is CC(NCC(C)(C)N(C)C)c1nc2ccccc2n1C. The van der Waals surface area contributed by atoms with Gasteiger partial charge in [0.25, 0.3) is 0 Å². The monoisotopic (exact) mass is 274 g/mol. The maximum atomic E-state index is 4.74. The van der Waals surface area contributed by atoms with E-state index >= 15 is 0 Å². The Kier molecular flexibility index (Phi) is 4.16. The van der Waals surface area contributed by atoms with Gasteiger partial charge in [-0.15, -0.1) is 0 Å². The van der Waals surface area contributed by atoms with E-state index in [0.717, 1.165) is 17.9 Å². The molecule has 0 saturated carbocycles. The minimum atomic E-state index is 0.124. The number of nitrogens with zero attached hydrogens (tertiary/aromatic N) is 3. The lowest BCUT2D eigenvalue weighted by Crippen LogP contribution is -2.47. The number of aromatic nitrogens is 2. The number of nitrogens with one attached hydrogen (secondary N) is 1. The van der Waals surface area contributed by atoms with Crippen molar-refractivity contribution in [1.29, 1.82) is 0 Å². The molecule has 0 aliphatic heterocycles. The molecule has 4 heteroatoms. The number of likely N-dealkylation sites (N-methyl/N-ethyl adjacent to an activating group) is 1. The lowest BCUT2D eigenvalue weighted by Gasteiger charge is -2.33. The molecule has 0 fully saturated rings. The molecule has 0 aliphatic carbocycles. The highest BCUT2D eigenvalue weighted by atomic mass is 15.2. The van der Waals surface area contributed by atoms with E-state index in [-0.39, 0.29) is 11.6 Å². The summed E-state index contributed by atoms with van der Waals surface area (Å²) in [6.45, 7) is 7.57. The number of fused-ring (bicyclic) bond motifs is 1. The maximum Gasteiger partial charge on any atom is 0.126 e. The van der Waals surface area contributed by atoms with Gasteiger partial charge in [0, 0.05) is 19.1 Å². The Hall–Kier alpha value is -1.39. The van der Waals surface area contributed by atoms with E-state index in [1.807, 2.05) is 6.07 Å². The third-order valence-electron chi connectivity index (χ3n) is 4.26. The predicted molar refractivity (Wildman–Crippen MR) is 84.9 cm³/mol. The number of hydrogen-bond donors (Lipinski definition) is 1. The van der Waals surface area contributed by atoms with E-state index in [1.54, 1.807) is 0 Å². The second-order valence-corrected chi connectivity index (χ2v) is 6.33. The van der Waals surface area contributed by atoms with Crippen LogP contribution in [0.2, 0.25) is 0 Å². The summed E-state index contributed by atoms with van der Waals surface area (Å²) in [5, 5.41) is 3.60. The molecule has 1 heterocycles. The molecule has 1 atom stereocenters. The van der Waals surface area contributed by atoms with Crippen molar-refractivity contribution in [3.63, 3.8) is 0 Å². The van der Waals surface area contributed by atoms with Gasteiger partial charge in [0.05, 0.1) is 17.1 Å². The first kappa shape index (κ1) is 15.0. The zero-order valence-electron chi connectivity index (χ0n) is 13.4. The quantitative estimate of drug-likeness (QED) is 0.909. The minimum absolute atomic E-state index is 0.124. The van der Waals surface area contributed by atoms with Crippen LogP contribution >= 0.6 is 0 Å². The zero-order valence-corrected chi connectivity index (χ0v) is 13.4. The molecule has 0 spiro atoms. The van der Waals surface area contributed by atoms with Gasteiger partial charge in [0.15, 0.2) is 0 Å². The average molecular weight is 274 g/mol. The summed E-state index contributed by atoms with van der Waals surface area (Å²) in [5.41, 5.74) is 2.37. The lowest BCUT2D eigenvalue weighted by atomic mass is 10.0. The molecule has 20 heavy (non-hydrogen) atoms. The molecule has 2 rings (SSSR count). The first-order valence-corrected chi connectivity index (χ1v) is 7.15. The molecule has 0 aliphatic rings.